The molecule has 5 atom stereocenters. The molecule has 2 amide bonds. The third kappa shape index (κ3) is 21.3. The fourth-order valence-corrected chi connectivity index (χ4v) is 7.70. The fraction of sp³-hybridized carbons (Fsp3) is 0.259. The van der Waals surface area contributed by atoms with Crippen molar-refractivity contribution in [2.24, 2.45) is 11.5 Å². The maximum atomic E-state index is 13.4. The molecule has 0 fully saturated rings. The lowest BCUT2D eigenvalue weighted by molar-refractivity contribution is -0.193. The highest BCUT2D eigenvalue weighted by Gasteiger charge is 2.39. The summed E-state index contributed by atoms with van der Waals surface area (Å²) in [4.78, 5) is 79.0. The lowest BCUT2D eigenvalue weighted by Crippen LogP contribution is -2.50. The van der Waals surface area contributed by atoms with E-state index >= 15 is 0 Å². The Hall–Kier alpha value is -9.22. The van der Waals surface area contributed by atoms with Gasteiger partial charge in [-0.2, -0.15) is 36.9 Å². The van der Waals surface area contributed by atoms with Crippen LogP contribution < -0.4 is 32.6 Å². The van der Waals surface area contributed by atoms with E-state index in [1.54, 1.807) is 48.5 Å². The van der Waals surface area contributed by atoms with Gasteiger partial charge in [-0.3, -0.25) is 9.59 Å². The molecule has 29 heteroatoms. The Labute approximate surface area is 477 Å². The van der Waals surface area contributed by atoms with Gasteiger partial charge in [0.15, 0.2) is 6.10 Å². The third-order valence-corrected chi connectivity index (χ3v) is 12.1. The number of hydrogen-bond acceptors (Lipinski definition) is 18. The number of thioether (sulfide) groups is 1. The smallest absolute Gasteiger partial charge is 0.490 e. The third-order valence-electron chi connectivity index (χ3n) is 10.9. The van der Waals surface area contributed by atoms with Crippen molar-refractivity contribution in [3.63, 3.8) is 0 Å². The van der Waals surface area contributed by atoms with Gasteiger partial charge in [-0.1, -0.05) is 96.2 Å². The van der Waals surface area contributed by atoms with Crippen molar-refractivity contribution in [2.75, 3.05) is 18.9 Å². The van der Waals surface area contributed by atoms with Crippen LogP contribution in [0.25, 0.3) is 22.6 Å². The van der Waals surface area contributed by atoms with E-state index in [9.17, 15) is 56.0 Å². The first-order valence-electron chi connectivity index (χ1n) is 24.0. The van der Waals surface area contributed by atoms with Crippen molar-refractivity contribution in [2.45, 2.75) is 80.1 Å². The molecule has 1 unspecified atom stereocenters. The van der Waals surface area contributed by atoms with Gasteiger partial charge in [0.25, 0.3) is 0 Å². The van der Waals surface area contributed by atoms with E-state index in [4.69, 9.17) is 67.2 Å². The molecule has 0 saturated carbocycles. The second-order valence-electron chi connectivity index (χ2n) is 17.3. The number of anilines is 1. The number of hydrogen-bond donors (Lipinski definition) is 7. The number of aliphatic carboxylic acids is 2. The first kappa shape index (κ1) is 66.3. The quantitative estimate of drug-likeness (QED) is 0.0218. The van der Waals surface area contributed by atoms with E-state index < -0.39 is 84.9 Å². The molecule has 0 radical (unpaired) electrons. The molecule has 83 heavy (non-hydrogen) atoms. The van der Waals surface area contributed by atoms with Crippen LogP contribution >= 0.6 is 23.4 Å². The summed E-state index contributed by atoms with van der Waals surface area (Å²) < 4.78 is 86.3. The average Bonchev–Trinajstić information content (AvgIpc) is 4.09. The van der Waals surface area contributed by atoms with Crippen molar-refractivity contribution in [3.05, 3.63) is 148 Å². The van der Waals surface area contributed by atoms with Gasteiger partial charge in [0.1, 0.15) is 65.9 Å². The highest BCUT2D eigenvalue weighted by Crippen LogP contribution is 2.37. The van der Waals surface area contributed by atoms with Gasteiger partial charge in [0, 0.05) is 21.9 Å². The molecule has 6 rings (SSSR count). The van der Waals surface area contributed by atoms with Crippen LogP contribution in [-0.2, 0) is 56.8 Å². The lowest BCUT2D eigenvalue weighted by Gasteiger charge is -2.23. The number of alkyl halides is 6. The number of carboxylic acids is 2. The molecule has 0 aliphatic carbocycles. The summed E-state index contributed by atoms with van der Waals surface area (Å²) in [6, 6.07) is 31.7. The standard InChI is InChI=1S/C50H48ClN9O8S.2C2HF3O2/c1-29(57-45(61)41(54)21-31-9-5-3-6-10-31)49(63)67-27-38(68-50(64)30(2)58-46(62)42(55)22-32-11-7-4-8-12-32)26-65-37-19-15-33(16-20-37)43-39(23-52)44(56)60-48(40(43)24-53)69-28-36-25-66-47(59-36)34-13-17-35(51)18-14-34;2*3-2(4,5)1(6)7/h3-20,25,29-30,38,41-42H,21-22,26-28,54-55H2,1-2H3,(H2,56,60)(H,57,61)(H,58,62);2*(H,6,7)/t29-,30?,38-,41-,42-;;/m0../s1. The number of nitrogens with one attached hydrogen (secondary N) is 2. The van der Waals surface area contributed by atoms with Crippen molar-refractivity contribution < 1.29 is 84.0 Å². The molecule has 0 bridgehead atoms. The summed E-state index contributed by atoms with van der Waals surface area (Å²) >= 11 is 7.21. The molecule has 0 aliphatic heterocycles. The van der Waals surface area contributed by atoms with Crippen LogP contribution in [0.1, 0.15) is 41.8 Å². The minimum absolute atomic E-state index is 0.00403. The second-order valence-corrected chi connectivity index (χ2v) is 18.7. The van der Waals surface area contributed by atoms with E-state index in [1.807, 2.05) is 60.7 Å². The number of amides is 2. The van der Waals surface area contributed by atoms with Crippen LogP contribution in [0.15, 0.2) is 125 Å². The topological polar surface area (TPSA) is 359 Å². The van der Waals surface area contributed by atoms with Gasteiger partial charge in [-0.15, -0.1) is 0 Å². The predicted octanol–water partition coefficient (Wildman–Crippen LogP) is 6.92. The maximum Gasteiger partial charge on any atom is 0.490 e. The molecular weight excluding hydrogens is 1150 g/mol. The molecule has 0 spiro atoms. The van der Waals surface area contributed by atoms with E-state index in [2.05, 4.69) is 32.7 Å². The number of nitrogen functional groups attached to an aromatic ring is 1. The number of pyridine rings is 1. The maximum absolute atomic E-state index is 13.4. The first-order chi connectivity index (χ1) is 39.1. The first-order valence-corrected chi connectivity index (χ1v) is 25.3. The summed E-state index contributed by atoms with van der Waals surface area (Å²) in [5, 5.41) is 40.7. The number of nitrogens with zero attached hydrogens (tertiary/aromatic N) is 4. The number of nitriles is 2. The zero-order valence-corrected chi connectivity index (χ0v) is 45.0. The van der Waals surface area contributed by atoms with E-state index in [0.717, 1.165) is 16.7 Å². The van der Waals surface area contributed by atoms with Crippen LogP contribution in [0.3, 0.4) is 0 Å². The Bertz CT molecular complexity index is 3250. The summed E-state index contributed by atoms with van der Waals surface area (Å²) in [6.45, 7) is 2.00. The highest BCUT2D eigenvalue weighted by molar-refractivity contribution is 7.98. The molecule has 6 aromatic rings. The van der Waals surface area contributed by atoms with Gasteiger partial charge >= 0.3 is 36.2 Å². The normalized spacial score (nSPS) is 12.7. The van der Waals surface area contributed by atoms with E-state index in [-0.39, 0.29) is 58.5 Å². The van der Waals surface area contributed by atoms with Crippen LogP contribution in [0.2, 0.25) is 5.02 Å². The molecule has 21 nitrogen and oxygen atoms in total. The molecule has 0 saturated heterocycles. The van der Waals surface area contributed by atoms with Crippen molar-refractivity contribution >= 4 is 64.9 Å². The summed E-state index contributed by atoms with van der Waals surface area (Å²) in [5.41, 5.74) is 22.3. The van der Waals surface area contributed by atoms with Gasteiger partial charge in [0.05, 0.1) is 23.3 Å². The number of rotatable bonds is 21. The van der Waals surface area contributed by atoms with Gasteiger partial charge in [-0.25, -0.2) is 29.1 Å². The number of ether oxygens (including phenoxy) is 3. The van der Waals surface area contributed by atoms with Crippen LogP contribution in [0.5, 0.6) is 5.75 Å². The monoisotopic (exact) mass is 1200 g/mol. The molecule has 438 valence electrons. The Morgan fingerprint density at radius 2 is 1.17 bits per heavy atom. The Kier molecular flexibility index (Phi) is 24.9. The molecule has 10 N–H and O–H groups in total. The predicted molar refractivity (Wildman–Crippen MR) is 285 cm³/mol. The number of carbonyl (C=O) groups is 6. The molecule has 4 aromatic carbocycles. The largest absolute Gasteiger partial charge is 0.490 e. The number of carbonyl (C=O) groups excluding carboxylic acids is 4. The number of halogens is 7. The molecule has 2 heterocycles. The SMILES string of the molecule is CC(NC(=O)[C@@H](N)Cc1ccccc1)C(=O)O[C@H](COC(=O)[C@H](C)NC(=O)[C@@H](N)Cc1ccccc1)COc1ccc(-c2c(C#N)c(N)nc(SCc3coc(-c4ccc(Cl)cc4)n3)c2C#N)cc1.O=C(O)C(F)(F)F.O=C(O)C(F)(F)F. The zero-order valence-electron chi connectivity index (χ0n) is 43.4. The fourth-order valence-electron chi connectivity index (χ4n) is 6.70. The minimum atomic E-state index is -5.08. The van der Waals surface area contributed by atoms with Crippen molar-refractivity contribution in [1.82, 2.24) is 20.6 Å². The van der Waals surface area contributed by atoms with Gasteiger partial charge in [-0.05, 0) is 79.8 Å². The van der Waals surface area contributed by atoms with Gasteiger partial charge < -0.3 is 56.7 Å². The zero-order chi connectivity index (χ0) is 61.6. The number of nitrogens with two attached hydrogens (primary N) is 3. The van der Waals surface area contributed by atoms with Crippen molar-refractivity contribution in [3.8, 4) is 40.5 Å². The minimum Gasteiger partial charge on any atom is -0.490 e. The summed E-state index contributed by atoms with van der Waals surface area (Å²) in [6.07, 6.45) is -9.42. The highest BCUT2D eigenvalue weighted by atomic mass is 35.5. The molecule has 2 aromatic heterocycles. The van der Waals surface area contributed by atoms with Crippen molar-refractivity contribution in [1.29, 1.82) is 10.5 Å². The summed E-state index contributed by atoms with van der Waals surface area (Å²) in [5.74, 6) is -7.54. The number of carboxylic acid groups (broad SMARTS) is 2. The number of oxazole rings is 1. The van der Waals surface area contributed by atoms with Crippen LogP contribution in [0, 0.1) is 22.7 Å². The number of esters is 2. The second kappa shape index (κ2) is 31.1. The van der Waals surface area contributed by atoms with E-state index in [0.29, 0.717) is 22.2 Å². The van der Waals surface area contributed by atoms with Crippen LogP contribution in [0.4, 0.5) is 32.2 Å². The Morgan fingerprint density at radius 1 is 0.699 bits per heavy atom. The number of benzene rings is 4. The van der Waals surface area contributed by atoms with Gasteiger partial charge in [0.2, 0.25) is 17.7 Å². The summed E-state index contributed by atoms with van der Waals surface area (Å²) in [7, 11) is 0. The lowest BCUT2D eigenvalue weighted by atomic mass is 9.97. The van der Waals surface area contributed by atoms with Crippen LogP contribution in [-0.4, -0.2) is 112 Å². The molecular formula is C54H50ClF6N9O12S. The van der Waals surface area contributed by atoms with E-state index in [1.165, 1.54) is 31.9 Å². The Morgan fingerprint density at radius 3 is 1.64 bits per heavy atom. The Balaban J connectivity index is 0.000000936. The number of aromatic nitrogens is 2. The molecule has 0 aliphatic rings. The average molecular weight is 1200 g/mol.